The lowest BCUT2D eigenvalue weighted by molar-refractivity contribution is -0.385. The van der Waals surface area contributed by atoms with E-state index in [4.69, 9.17) is 11.6 Å². The van der Waals surface area contributed by atoms with Gasteiger partial charge < -0.3 is 5.32 Å². The molecule has 1 aromatic rings. The van der Waals surface area contributed by atoms with Gasteiger partial charge in [0.05, 0.1) is 15.5 Å². The standard InChI is InChI=1S/C10H11ClN2O2/c1-2-6-12-7-8-9(11)4-3-5-10(8)13(14)15/h2-5,12H,1,6-7H2. The number of rotatable bonds is 5. The van der Waals surface area contributed by atoms with Crippen molar-refractivity contribution in [2.45, 2.75) is 6.54 Å². The first kappa shape index (κ1) is 11.7. The summed E-state index contributed by atoms with van der Waals surface area (Å²) in [5.41, 5.74) is 0.546. The Morgan fingerprint density at radius 2 is 2.33 bits per heavy atom. The number of nitro groups is 1. The normalized spacial score (nSPS) is 9.93. The minimum Gasteiger partial charge on any atom is -0.309 e. The van der Waals surface area contributed by atoms with Gasteiger partial charge in [-0.2, -0.15) is 0 Å². The molecule has 0 unspecified atom stereocenters. The molecule has 0 aromatic heterocycles. The third kappa shape index (κ3) is 3.04. The SMILES string of the molecule is C=CCNCc1c(Cl)cccc1[N+](=O)[O-]. The van der Waals surface area contributed by atoms with Gasteiger partial charge >= 0.3 is 0 Å². The maximum absolute atomic E-state index is 10.7. The topological polar surface area (TPSA) is 55.2 Å². The van der Waals surface area contributed by atoms with Crippen molar-refractivity contribution in [2.75, 3.05) is 6.54 Å². The molecule has 0 aliphatic carbocycles. The highest BCUT2D eigenvalue weighted by Gasteiger charge is 2.15. The summed E-state index contributed by atoms with van der Waals surface area (Å²) in [6.07, 6.45) is 1.68. The molecule has 1 aromatic carbocycles. The van der Waals surface area contributed by atoms with Gasteiger partial charge in [0.15, 0.2) is 0 Å². The van der Waals surface area contributed by atoms with Crippen LogP contribution >= 0.6 is 11.6 Å². The van der Waals surface area contributed by atoms with Crippen LogP contribution in [0.1, 0.15) is 5.56 Å². The van der Waals surface area contributed by atoms with Crippen LogP contribution in [0.25, 0.3) is 0 Å². The van der Waals surface area contributed by atoms with E-state index in [0.717, 1.165) is 0 Å². The van der Waals surface area contributed by atoms with Crippen molar-refractivity contribution in [1.82, 2.24) is 5.32 Å². The first-order valence-electron chi connectivity index (χ1n) is 4.40. The average molecular weight is 227 g/mol. The lowest BCUT2D eigenvalue weighted by Gasteiger charge is -2.05. The second-order valence-corrected chi connectivity index (χ2v) is 3.32. The van der Waals surface area contributed by atoms with Crippen LogP contribution in [0.3, 0.4) is 0 Å². The predicted octanol–water partition coefficient (Wildman–Crippen LogP) is 2.52. The van der Waals surface area contributed by atoms with Crippen molar-refractivity contribution in [3.63, 3.8) is 0 Å². The summed E-state index contributed by atoms with van der Waals surface area (Å²) in [6, 6.07) is 4.65. The summed E-state index contributed by atoms with van der Waals surface area (Å²) >= 11 is 5.88. The van der Waals surface area contributed by atoms with Gasteiger partial charge in [-0.05, 0) is 6.07 Å². The number of nitrogens with zero attached hydrogens (tertiary/aromatic N) is 1. The number of benzene rings is 1. The number of hydrogen-bond donors (Lipinski definition) is 1. The van der Waals surface area contributed by atoms with Crippen molar-refractivity contribution in [3.8, 4) is 0 Å². The number of hydrogen-bond acceptors (Lipinski definition) is 3. The quantitative estimate of drug-likeness (QED) is 0.363. The van der Waals surface area contributed by atoms with Gasteiger partial charge in [0.25, 0.3) is 5.69 Å². The van der Waals surface area contributed by atoms with Gasteiger partial charge in [-0.1, -0.05) is 23.7 Å². The van der Waals surface area contributed by atoms with Crippen LogP contribution in [0.4, 0.5) is 5.69 Å². The Morgan fingerprint density at radius 1 is 1.60 bits per heavy atom. The van der Waals surface area contributed by atoms with Gasteiger partial charge in [0.2, 0.25) is 0 Å². The molecule has 0 aliphatic rings. The van der Waals surface area contributed by atoms with E-state index in [-0.39, 0.29) is 5.69 Å². The summed E-state index contributed by atoms with van der Waals surface area (Å²) in [4.78, 5) is 10.3. The van der Waals surface area contributed by atoms with Crippen molar-refractivity contribution in [2.24, 2.45) is 0 Å². The van der Waals surface area contributed by atoms with Gasteiger partial charge in [0.1, 0.15) is 0 Å². The Hall–Kier alpha value is -1.39. The molecule has 0 fully saturated rings. The molecule has 0 spiro atoms. The van der Waals surface area contributed by atoms with Crippen LogP contribution in [-0.2, 0) is 6.54 Å². The van der Waals surface area contributed by atoms with E-state index in [9.17, 15) is 10.1 Å². The summed E-state index contributed by atoms with van der Waals surface area (Å²) in [5, 5.41) is 14.1. The molecule has 0 aliphatic heterocycles. The Labute approximate surface area is 92.7 Å². The van der Waals surface area contributed by atoms with Gasteiger partial charge in [-0.3, -0.25) is 10.1 Å². The van der Waals surface area contributed by atoms with E-state index in [1.807, 2.05) is 0 Å². The monoisotopic (exact) mass is 226 g/mol. The molecule has 1 N–H and O–H groups in total. The zero-order chi connectivity index (χ0) is 11.3. The van der Waals surface area contributed by atoms with E-state index in [1.165, 1.54) is 6.07 Å². The van der Waals surface area contributed by atoms with Gasteiger partial charge in [0, 0.05) is 19.2 Å². The van der Waals surface area contributed by atoms with Crippen LogP contribution in [0.5, 0.6) is 0 Å². The van der Waals surface area contributed by atoms with Crippen LogP contribution in [0.2, 0.25) is 5.02 Å². The van der Waals surface area contributed by atoms with Crippen molar-refractivity contribution in [3.05, 3.63) is 51.6 Å². The van der Waals surface area contributed by atoms with Crippen LogP contribution in [-0.4, -0.2) is 11.5 Å². The average Bonchev–Trinajstić information content (AvgIpc) is 2.20. The molecule has 5 heteroatoms. The summed E-state index contributed by atoms with van der Waals surface area (Å²) < 4.78 is 0. The fraction of sp³-hybridized carbons (Fsp3) is 0.200. The third-order valence-corrected chi connectivity index (χ3v) is 2.24. The maximum Gasteiger partial charge on any atom is 0.275 e. The summed E-state index contributed by atoms with van der Waals surface area (Å²) in [6.45, 7) is 4.49. The van der Waals surface area contributed by atoms with E-state index in [0.29, 0.717) is 23.7 Å². The summed E-state index contributed by atoms with van der Waals surface area (Å²) in [7, 11) is 0. The first-order chi connectivity index (χ1) is 7.16. The highest BCUT2D eigenvalue weighted by atomic mass is 35.5. The molecule has 0 saturated heterocycles. The predicted molar refractivity (Wildman–Crippen MR) is 60.0 cm³/mol. The fourth-order valence-corrected chi connectivity index (χ4v) is 1.43. The molecule has 0 saturated carbocycles. The Balaban J connectivity index is 2.92. The number of halogens is 1. The van der Waals surface area contributed by atoms with E-state index in [1.54, 1.807) is 18.2 Å². The number of nitro benzene ring substituents is 1. The zero-order valence-corrected chi connectivity index (χ0v) is 8.83. The largest absolute Gasteiger partial charge is 0.309 e. The molecule has 0 bridgehead atoms. The highest BCUT2D eigenvalue weighted by molar-refractivity contribution is 6.31. The van der Waals surface area contributed by atoms with E-state index >= 15 is 0 Å². The Kier molecular flexibility index (Phi) is 4.27. The molecule has 80 valence electrons. The van der Waals surface area contributed by atoms with E-state index < -0.39 is 4.92 Å². The van der Waals surface area contributed by atoms with Crippen LogP contribution in [0, 0.1) is 10.1 Å². The molecular weight excluding hydrogens is 216 g/mol. The highest BCUT2D eigenvalue weighted by Crippen LogP contribution is 2.25. The summed E-state index contributed by atoms with van der Waals surface area (Å²) in [5.74, 6) is 0. The lowest BCUT2D eigenvalue weighted by Crippen LogP contribution is -2.14. The van der Waals surface area contributed by atoms with Crippen LogP contribution in [0.15, 0.2) is 30.9 Å². The van der Waals surface area contributed by atoms with Gasteiger partial charge in [-0.25, -0.2) is 0 Å². The minimum atomic E-state index is -0.434. The lowest BCUT2D eigenvalue weighted by atomic mass is 10.2. The Bertz CT molecular complexity index is 380. The van der Waals surface area contributed by atoms with Crippen molar-refractivity contribution >= 4 is 17.3 Å². The number of nitrogens with one attached hydrogen (secondary N) is 1. The van der Waals surface area contributed by atoms with Crippen molar-refractivity contribution in [1.29, 1.82) is 0 Å². The maximum atomic E-state index is 10.7. The first-order valence-corrected chi connectivity index (χ1v) is 4.78. The van der Waals surface area contributed by atoms with E-state index in [2.05, 4.69) is 11.9 Å². The van der Waals surface area contributed by atoms with Crippen molar-refractivity contribution < 1.29 is 4.92 Å². The fourth-order valence-electron chi connectivity index (χ4n) is 1.19. The zero-order valence-electron chi connectivity index (χ0n) is 8.07. The third-order valence-electron chi connectivity index (χ3n) is 1.88. The molecule has 0 atom stereocenters. The molecule has 0 amide bonds. The Morgan fingerprint density at radius 3 is 2.93 bits per heavy atom. The van der Waals surface area contributed by atoms with Gasteiger partial charge in [-0.15, -0.1) is 6.58 Å². The minimum absolute atomic E-state index is 0.0408. The molecule has 1 rings (SSSR count). The van der Waals surface area contributed by atoms with Crippen LogP contribution < -0.4 is 5.32 Å². The molecule has 0 heterocycles. The molecule has 15 heavy (non-hydrogen) atoms. The molecule has 0 radical (unpaired) electrons. The smallest absolute Gasteiger partial charge is 0.275 e. The molecule has 4 nitrogen and oxygen atoms in total. The second kappa shape index (κ2) is 5.48. The second-order valence-electron chi connectivity index (χ2n) is 2.91. The molecular formula is C10H11ClN2O2.